The summed E-state index contributed by atoms with van der Waals surface area (Å²) in [5.41, 5.74) is 3.91. The predicted molar refractivity (Wildman–Crippen MR) is 89.7 cm³/mol. The number of aromatic carboxylic acids is 1. The van der Waals surface area contributed by atoms with Gasteiger partial charge in [-0.25, -0.2) is 4.79 Å². The Balaban J connectivity index is 2.05. The zero-order chi connectivity index (χ0) is 15.5. The van der Waals surface area contributed by atoms with E-state index in [0.717, 1.165) is 17.3 Å². The molecule has 1 unspecified atom stereocenters. The van der Waals surface area contributed by atoms with Crippen molar-refractivity contribution in [2.24, 2.45) is 0 Å². The molecule has 0 spiro atoms. The van der Waals surface area contributed by atoms with Gasteiger partial charge in [0.1, 0.15) is 0 Å². The highest BCUT2D eigenvalue weighted by Gasteiger charge is 2.24. The number of benzene rings is 1. The highest BCUT2D eigenvalue weighted by molar-refractivity contribution is 6.03. The van der Waals surface area contributed by atoms with Crippen molar-refractivity contribution in [2.75, 3.05) is 0 Å². The van der Waals surface area contributed by atoms with E-state index in [9.17, 15) is 9.90 Å². The van der Waals surface area contributed by atoms with Gasteiger partial charge >= 0.3 is 5.97 Å². The lowest BCUT2D eigenvalue weighted by molar-refractivity contribution is 0.0699. The van der Waals surface area contributed by atoms with Crippen molar-refractivity contribution < 1.29 is 9.90 Å². The van der Waals surface area contributed by atoms with E-state index >= 15 is 0 Å². The van der Waals surface area contributed by atoms with E-state index in [-0.39, 0.29) is 0 Å². The summed E-state index contributed by atoms with van der Waals surface area (Å²) in [6, 6.07) is 5.68. The van der Waals surface area contributed by atoms with Crippen LogP contribution in [0.2, 0.25) is 0 Å². The topological polar surface area (TPSA) is 53.1 Å². The van der Waals surface area contributed by atoms with Crippen molar-refractivity contribution in [3.8, 4) is 0 Å². The number of carbonyl (C=O) groups is 1. The number of fused-ring (bicyclic) bond motifs is 3. The summed E-state index contributed by atoms with van der Waals surface area (Å²) in [4.78, 5) is 14.9. The first-order valence-corrected chi connectivity index (χ1v) is 8.59. The number of nitrogens with one attached hydrogen (secondary N) is 1. The molecular formula is C19H25NO2. The maximum Gasteiger partial charge on any atom is 0.337 e. The van der Waals surface area contributed by atoms with Crippen LogP contribution in [0.3, 0.4) is 0 Å². The summed E-state index contributed by atoms with van der Waals surface area (Å²) in [5.74, 6) is -0.258. The molecule has 0 aliphatic heterocycles. The fraction of sp³-hybridized carbons (Fsp3) is 0.526. The van der Waals surface area contributed by atoms with Crippen LogP contribution in [-0.2, 0) is 6.42 Å². The molecule has 1 aliphatic carbocycles. The maximum atomic E-state index is 11.5. The largest absolute Gasteiger partial charge is 0.478 e. The summed E-state index contributed by atoms with van der Waals surface area (Å²) in [7, 11) is 0. The number of hydrogen-bond donors (Lipinski definition) is 2. The second-order valence-corrected chi connectivity index (χ2v) is 6.49. The van der Waals surface area contributed by atoms with E-state index in [4.69, 9.17) is 0 Å². The lowest BCUT2D eigenvalue weighted by atomic mass is 9.88. The van der Waals surface area contributed by atoms with E-state index in [1.807, 2.05) is 6.07 Å². The Hall–Kier alpha value is -1.77. The standard InChI is InChI=1S/C19H25NO2/c1-2-3-4-8-13-9-5-6-12-16-17(13)14-10-7-11-15(19(21)22)18(14)20-16/h7,10-11,13,20H,2-6,8-9,12H2,1H3,(H,21,22). The lowest BCUT2D eigenvalue weighted by Crippen LogP contribution is -2.00. The van der Waals surface area contributed by atoms with Gasteiger partial charge < -0.3 is 10.1 Å². The zero-order valence-electron chi connectivity index (χ0n) is 13.3. The van der Waals surface area contributed by atoms with Gasteiger partial charge in [0.05, 0.1) is 11.1 Å². The first-order chi connectivity index (χ1) is 10.7. The fourth-order valence-electron chi connectivity index (χ4n) is 3.90. The number of hydrogen-bond acceptors (Lipinski definition) is 1. The van der Waals surface area contributed by atoms with Crippen LogP contribution < -0.4 is 0 Å². The van der Waals surface area contributed by atoms with Gasteiger partial charge in [-0.1, -0.05) is 44.7 Å². The summed E-state index contributed by atoms with van der Waals surface area (Å²) in [6.07, 6.45) is 9.79. The molecule has 2 N–H and O–H groups in total. The molecule has 0 saturated carbocycles. The van der Waals surface area contributed by atoms with Crippen molar-refractivity contribution in [3.63, 3.8) is 0 Å². The van der Waals surface area contributed by atoms with E-state index in [1.165, 1.54) is 56.2 Å². The van der Waals surface area contributed by atoms with Crippen LogP contribution in [0.5, 0.6) is 0 Å². The van der Waals surface area contributed by atoms with Crippen LogP contribution in [0.4, 0.5) is 0 Å². The van der Waals surface area contributed by atoms with Gasteiger partial charge in [0.25, 0.3) is 0 Å². The number of H-pyrrole nitrogens is 1. The molecule has 22 heavy (non-hydrogen) atoms. The van der Waals surface area contributed by atoms with Gasteiger partial charge in [0.2, 0.25) is 0 Å². The molecule has 0 amide bonds. The molecule has 2 aromatic rings. The van der Waals surface area contributed by atoms with Gasteiger partial charge in [0.15, 0.2) is 0 Å². The molecule has 0 fully saturated rings. The van der Waals surface area contributed by atoms with Gasteiger partial charge in [-0.2, -0.15) is 0 Å². The quantitative estimate of drug-likeness (QED) is 0.584. The highest BCUT2D eigenvalue weighted by Crippen LogP contribution is 2.39. The minimum Gasteiger partial charge on any atom is -0.478 e. The normalized spacial score (nSPS) is 18.1. The minimum absolute atomic E-state index is 0.401. The van der Waals surface area contributed by atoms with E-state index in [0.29, 0.717) is 11.5 Å². The van der Waals surface area contributed by atoms with Crippen LogP contribution in [0.15, 0.2) is 18.2 Å². The third-order valence-electron chi connectivity index (χ3n) is 4.98. The second kappa shape index (κ2) is 6.55. The molecule has 1 aliphatic rings. The molecule has 1 atom stereocenters. The number of unbranched alkanes of at least 4 members (excludes halogenated alkanes) is 2. The molecule has 3 nitrogen and oxygen atoms in total. The average molecular weight is 299 g/mol. The highest BCUT2D eigenvalue weighted by atomic mass is 16.4. The summed E-state index contributed by atoms with van der Waals surface area (Å²) in [6.45, 7) is 2.24. The Labute approximate surface area is 131 Å². The number of carboxylic acids is 1. The van der Waals surface area contributed by atoms with Gasteiger partial charge in [-0.15, -0.1) is 0 Å². The van der Waals surface area contributed by atoms with Crippen molar-refractivity contribution in [1.82, 2.24) is 4.98 Å². The predicted octanol–water partition coefficient (Wildman–Crippen LogP) is 5.26. The third kappa shape index (κ3) is 2.77. The third-order valence-corrected chi connectivity index (χ3v) is 4.98. The molecule has 3 rings (SSSR count). The number of para-hydroxylation sites is 1. The maximum absolute atomic E-state index is 11.5. The van der Waals surface area contributed by atoms with Crippen molar-refractivity contribution in [3.05, 3.63) is 35.0 Å². The Morgan fingerprint density at radius 2 is 2.18 bits per heavy atom. The smallest absolute Gasteiger partial charge is 0.337 e. The average Bonchev–Trinajstić information content (AvgIpc) is 2.76. The summed E-state index contributed by atoms with van der Waals surface area (Å²) >= 11 is 0. The first kappa shape index (κ1) is 15.1. The van der Waals surface area contributed by atoms with Crippen LogP contribution >= 0.6 is 0 Å². The fourth-order valence-corrected chi connectivity index (χ4v) is 3.90. The Morgan fingerprint density at radius 3 is 2.95 bits per heavy atom. The Bertz CT molecular complexity index is 671. The number of aryl methyl sites for hydroxylation is 1. The van der Waals surface area contributed by atoms with Gasteiger partial charge in [0, 0.05) is 11.1 Å². The zero-order valence-corrected chi connectivity index (χ0v) is 13.3. The van der Waals surface area contributed by atoms with Crippen LogP contribution in [0.25, 0.3) is 10.9 Å². The van der Waals surface area contributed by atoms with E-state index in [1.54, 1.807) is 6.07 Å². The molecular weight excluding hydrogens is 274 g/mol. The van der Waals surface area contributed by atoms with Crippen molar-refractivity contribution in [2.45, 2.75) is 64.2 Å². The monoisotopic (exact) mass is 299 g/mol. The lowest BCUT2D eigenvalue weighted by Gasteiger charge is -2.16. The summed E-state index contributed by atoms with van der Waals surface area (Å²) < 4.78 is 0. The van der Waals surface area contributed by atoms with Gasteiger partial charge in [-0.3, -0.25) is 0 Å². The van der Waals surface area contributed by atoms with Crippen LogP contribution in [0, 0.1) is 0 Å². The second-order valence-electron chi connectivity index (χ2n) is 6.49. The van der Waals surface area contributed by atoms with Crippen LogP contribution in [0.1, 0.15) is 79.4 Å². The molecule has 1 aromatic heterocycles. The van der Waals surface area contributed by atoms with Crippen molar-refractivity contribution in [1.29, 1.82) is 0 Å². The molecule has 1 aromatic carbocycles. The molecule has 118 valence electrons. The molecule has 0 bridgehead atoms. The first-order valence-electron chi connectivity index (χ1n) is 8.59. The van der Waals surface area contributed by atoms with Crippen molar-refractivity contribution >= 4 is 16.9 Å². The summed E-state index contributed by atoms with van der Waals surface area (Å²) in [5, 5.41) is 10.6. The Kier molecular flexibility index (Phi) is 4.51. The van der Waals surface area contributed by atoms with E-state index in [2.05, 4.69) is 18.0 Å². The molecule has 1 heterocycles. The molecule has 3 heteroatoms. The van der Waals surface area contributed by atoms with Crippen LogP contribution in [-0.4, -0.2) is 16.1 Å². The molecule has 0 saturated heterocycles. The SMILES string of the molecule is CCCCCC1CCCCc2[nH]c3c(C(=O)O)cccc3c21. The number of carboxylic acid groups (broad SMARTS) is 1. The number of aromatic nitrogens is 1. The number of aromatic amines is 1. The minimum atomic E-state index is -0.843. The molecule has 0 radical (unpaired) electrons. The van der Waals surface area contributed by atoms with Gasteiger partial charge in [-0.05, 0) is 43.2 Å². The Morgan fingerprint density at radius 1 is 1.32 bits per heavy atom. The van der Waals surface area contributed by atoms with E-state index < -0.39 is 5.97 Å². The number of rotatable bonds is 5.